The molecule has 0 spiro atoms. The zero-order chi connectivity index (χ0) is 70.8. The van der Waals surface area contributed by atoms with Crippen molar-refractivity contribution in [3.63, 3.8) is 0 Å². The number of unbranched alkanes of at least 4 members (excludes halogenated alkanes) is 2. The molecule has 2 aliphatic heterocycles. The molecule has 1 aromatic heterocycles. The first-order chi connectivity index (χ1) is 45.6. The SMILES string of the molecule is CC[C@H](C)[C@@H]([C@@H](CC(=O)N1CCC[C@H]1[C@H](OC)[C@@H](C)C(=O)N[C@@H](Cc1ccccc1)c1nccs1)OC)N(C)C(=O)C(/C=N/C(=O)C(C)(C)NC(=O)OCc1ccc(NC(=O)[C@H](CCCNC(N)=O)NC(=O)[C@@H](NC(=O)CCCCCN2C(=O)C=CC2=O)C(C)C)cc1)C(C)C. The van der Waals surface area contributed by atoms with Gasteiger partial charge in [0.1, 0.15) is 29.2 Å². The lowest BCUT2D eigenvalue weighted by atomic mass is 9.88. The Morgan fingerprint density at radius 3 is 2.12 bits per heavy atom. The van der Waals surface area contributed by atoms with Crippen LogP contribution in [-0.2, 0) is 70.4 Å². The highest BCUT2D eigenvalue weighted by Crippen LogP contribution is 2.31. The molecule has 3 heterocycles. The fourth-order valence-electron chi connectivity index (χ4n) is 11.8. The summed E-state index contributed by atoms with van der Waals surface area (Å²) in [6, 6.07) is 12.0. The standard InChI is InChI=1S/C69H100N12O14S/c1-13-44(6)59(53(93-11)39-57(85)80-36-21-25-52(80)60(94-12)45(7)61(86)76-51(64-71-34-37-96-64)38-46-22-16-14-17-23-46)79(10)65(89)49(42(2)3)40-73-66(90)69(8,9)78-68(92)95-41-47-27-29-48(30-28-47)74-62(87)50(24-20-33-72-67(70)91)75-63(88)58(43(4)5)77-54(82)26-18-15-19-35-81-55(83)31-32-56(81)84/h14,16-17,22-23,27-32,34,37,40,42-45,49-53,58-60H,13,15,18-21,24-26,33,35-36,38-39,41H2,1-12H3,(H,74,87)(H,75,88)(H,76,86)(H,77,82)(H,78,92)(H3,70,72,91)/b73-40+/t44-,45+,49?,50-,51-,52-,53+,58-,59-,60+/m0/s1. The number of urea groups is 1. The molecule has 1 fully saturated rings. The number of hydrogen-bond acceptors (Lipinski definition) is 16. The largest absolute Gasteiger partial charge is 0.445 e. The number of methoxy groups -OCH3 is 2. The predicted molar refractivity (Wildman–Crippen MR) is 363 cm³/mol. The number of aliphatic imine (C=N–C) groups is 1. The number of carbonyl (C=O) groups excluding carboxylic acids is 11. The number of anilines is 1. The van der Waals surface area contributed by atoms with Crippen LogP contribution in [0.1, 0.15) is 149 Å². The molecule has 0 bridgehead atoms. The molecule has 2 aliphatic rings. The summed E-state index contributed by atoms with van der Waals surface area (Å²) in [4.78, 5) is 159. The number of imide groups is 1. The number of thiazole rings is 1. The van der Waals surface area contributed by atoms with Gasteiger partial charge in [-0.15, -0.1) is 11.3 Å². The van der Waals surface area contributed by atoms with Gasteiger partial charge in [0.25, 0.3) is 17.7 Å². The van der Waals surface area contributed by atoms with E-state index in [1.807, 2.05) is 70.3 Å². The number of carbonyl (C=O) groups is 11. The van der Waals surface area contributed by atoms with Gasteiger partial charge in [0.15, 0.2) is 0 Å². The van der Waals surface area contributed by atoms with Crippen LogP contribution in [0, 0.1) is 29.6 Å². The van der Waals surface area contributed by atoms with E-state index < -0.39 is 83.6 Å². The highest BCUT2D eigenvalue weighted by molar-refractivity contribution is 7.09. The molecule has 27 heteroatoms. The molecule has 1 saturated heterocycles. The molecule has 8 N–H and O–H groups in total. The lowest BCUT2D eigenvalue weighted by Crippen LogP contribution is -2.54. The van der Waals surface area contributed by atoms with Crippen LogP contribution >= 0.6 is 11.3 Å². The number of ether oxygens (including phenoxy) is 3. The number of nitrogens with zero attached hydrogens (tertiary/aromatic N) is 5. The number of hydrogen-bond donors (Lipinski definition) is 7. The Bertz CT molecular complexity index is 3150. The fourth-order valence-corrected chi connectivity index (χ4v) is 12.4. The summed E-state index contributed by atoms with van der Waals surface area (Å²) in [6.07, 6.45) is 7.51. The van der Waals surface area contributed by atoms with Gasteiger partial charge >= 0.3 is 12.1 Å². The second kappa shape index (κ2) is 38.3. The Hall–Kier alpha value is -8.43. The molecule has 10 atom stereocenters. The van der Waals surface area contributed by atoms with E-state index in [0.29, 0.717) is 62.7 Å². The molecule has 5 rings (SSSR count). The number of likely N-dealkylation sites (N-methyl/N-ethyl adjacent to an activating group) is 1. The van der Waals surface area contributed by atoms with E-state index in [2.05, 4.69) is 41.9 Å². The molecule has 26 nitrogen and oxygen atoms in total. The Morgan fingerprint density at radius 2 is 1.52 bits per heavy atom. The minimum absolute atomic E-state index is 0.0615. The Morgan fingerprint density at radius 1 is 0.833 bits per heavy atom. The lowest BCUT2D eigenvalue weighted by Gasteiger charge is -2.40. The van der Waals surface area contributed by atoms with Crippen LogP contribution in [0.3, 0.4) is 0 Å². The zero-order valence-corrected chi connectivity index (χ0v) is 58.4. The first-order valence-corrected chi connectivity index (χ1v) is 33.9. The van der Waals surface area contributed by atoms with Crippen molar-refractivity contribution in [2.24, 2.45) is 40.3 Å². The molecule has 526 valence electrons. The fraction of sp³-hybridized carbons (Fsp3) is 0.580. The van der Waals surface area contributed by atoms with E-state index in [0.717, 1.165) is 15.5 Å². The van der Waals surface area contributed by atoms with Crippen molar-refractivity contribution in [3.8, 4) is 0 Å². The van der Waals surface area contributed by atoms with Gasteiger partial charge in [0, 0.05) is 83.0 Å². The van der Waals surface area contributed by atoms with Crippen molar-refractivity contribution < 1.29 is 67.0 Å². The first kappa shape index (κ1) is 78.3. The lowest BCUT2D eigenvalue weighted by molar-refractivity contribution is -0.147. The quantitative estimate of drug-likeness (QED) is 0.0182. The number of likely N-dealkylation sites (tertiary alicyclic amines) is 1. The first-order valence-electron chi connectivity index (χ1n) is 33.1. The summed E-state index contributed by atoms with van der Waals surface area (Å²) in [7, 11) is 4.73. The predicted octanol–water partition coefficient (Wildman–Crippen LogP) is 6.54. The molecule has 12 amide bonds. The number of nitrogens with one attached hydrogen (secondary N) is 6. The third-order valence-electron chi connectivity index (χ3n) is 17.6. The van der Waals surface area contributed by atoms with Gasteiger partial charge in [-0.05, 0) is 99.8 Å². The molecule has 3 aromatic rings. The summed E-state index contributed by atoms with van der Waals surface area (Å²) in [5, 5.41) is 19.2. The number of primary amides is 1. The van der Waals surface area contributed by atoms with Crippen molar-refractivity contribution in [2.75, 3.05) is 46.2 Å². The van der Waals surface area contributed by atoms with Gasteiger partial charge in [0.05, 0.1) is 48.6 Å². The van der Waals surface area contributed by atoms with E-state index in [4.69, 9.17) is 19.9 Å². The molecule has 1 unspecified atom stereocenters. The van der Waals surface area contributed by atoms with Gasteiger partial charge in [-0.3, -0.25) is 48.1 Å². The maximum atomic E-state index is 14.6. The number of rotatable bonds is 38. The van der Waals surface area contributed by atoms with E-state index in [1.54, 1.807) is 68.3 Å². The van der Waals surface area contributed by atoms with E-state index in [9.17, 15) is 52.7 Å². The Balaban J connectivity index is 1.15. The normalized spacial score (nSPS) is 16.8. The summed E-state index contributed by atoms with van der Waals surface area (Å²) in [6.45, 7) is 16.4. The van der Waals surface area contributed by atoms with Crippen molar-refractivity contribution in [2.45, 2.75) is 188 Å². The van der Waals surface area contributed by atoms with Gasteiger partial charge < -0.3 is 61.6 Å². The Labute approximate surface area is 567 Å². The van der Waals surface area contributed by atoms with Crippen molar-refractivity contribution in [3.05, 3.63) is 94.5 Å². The zero-order valence-electron chi connectivity index (χ0n) is 57.6. The molecule has 0 aliphatic carbocycles. The average Bonchev–Trinajstić information content (AvgIpc) is 1.72. The number of benzene rings is 2. The summed E-state index contributed by atoms with van der Waals surface area (Å²) < 4.78 is 17.6. The van der Waals surface area contributed by atoms with Crippen LogP contribution in [0.5, 0.6) is 0 Å². The number of amides is 12. The van der Waals surface area contributed by atoms with Crippen molar-refractivity contribution in [1.82, 2.24) is 46.3 Å². The monoisotopic (exact) mass is 1350 g/mol. The van der Waals surface area contributed by atoms with Gasteiger partial charge in [-0.2, -0.15) is 0 Å². The van der Waals surface area contributed by atoms with E-state index in [-0.39, 0.29) is 105 Å². The van der Waals surface area contributed by atoms with Crippen LogP contribution in [-0.4, -0.2) is 174 Å². The maximum Gasteiger partial charge on any atom is 0.408 e. The van der Waals surface area contributed by atoms with Gasteiger partial charge in [-0.25, -0.2) is 19.6 Å². The average molecular weight is 1350 g/mol. The van der Waals surface area contributed by atoms with Crippen LogP contribution < -0.4 is 37.6 Å². The third kappa shape index (κ3) is 23.4. The van der Waals surface area contributed by atoms with E-state index in [1.165, 1.54) is 50.7 Å². The van der Waals surface area contributed by atoms with Crippen LogP contribution in [0.2, 0.25) is 0 Å². The molecular formula is C69H100N12O14S. The summed E-state index contributed by atoms with van der Waals surface area (Å²) >= 11 is 1.47. The maximum absolute atomic E-state index is 14.6. The van der Waals surface area contributed by atoms with Crippen LogP contribution in [0.4, 0.5) is 15.3 Å². The summed E-state index contributed by atoms with van der Waals surface area (Å²) in [5.74, 6) is -6.25. The second-order valence-electron chi connectivity index (χ2n) is 25.8. The highest BCUT2D eigenvalue weighted by atomic mass is 32.1. The molecule has 0 saturated carbocycles. The second-order valence-corrected chi connectivity index (χ2v) is 26.8. The van der Waals surface area contributed by atoms with Crippen LogP contribution in [0.25, 0.3) is 0 Å². The number of aromatic nitrogens is 1. The molecular weight excluding hydrogens is 1250 g/mol. The van der Waals surface area contributed by atoms with Crippen molar-refractivity contribution in [1.29, 1.82) is 0 Å². The molecule has 0 radical (unpaired) electrons. The van der Waals surface area contributed by atoms with Gasteiger partial charge in [-0.1, -0.05) is 104 Å². The topological polar surface area (TPSA) is 349 Å². The smallest absolute Gasteiger partial charge is 0.408 e. The minimum Gasteiger partial charge on any atom is -0.445 e. The third-order valence-corrected chi connectivity index (χ3v) is 18.4. The van der Waals surface area contributed by atoms with E-state index >= 15 is 0 Å². The van der Waals surface area contributed by atoms with Gasteiger partial charge in [0.2, 0.25) is 35.4 Å². The highest BCUT2D eigenvalue weighted by Gasteiger charge is 2.43. The van der Waals surface area contributed by atoms with Crippen LogP contribution in [0.15, 0.2) is 83.3 Å². The Kier molecular flexibility index (Phi) is 31.3. The number of nitrogens with two attached hydrogens (primary N) is 1. The minimum atomic E-state index is -1.59. The molecule has 2 aromatic carbocycles. The molecule has 96 heavy (non-hydrogen) atoms. The summed E-state index contributed by atoms with van der Waals surface area (Å²) in [5.41, 5.74) is 5.53. The number of alkyl carbamates (subject to hydrolysis) is 1. The van der Waals surface area contributed by atoms with Crippen molar-refractivity contribution >= 4 is 88.5 Å².